The minimum absolute atomic E-state index is 0.157. The molecule has 2 amide bonds. The van der Waals surface area contributed by atoms with Crippen molar-refractivity contribution in [3.05, 3.63) is 83.4 Å². The van der Waals surface area contributed by atoms with Crippen LogP contribution in [0.25, 0.3) is 0 Å². The quantitative estimate of drug-likeness (QED) is 0.168. The van der Waals surface area contributed by atoms with Gasteiger partial charge in [0.05, 0.1) is 11.6 Å². The van der Waals surface area contributed by atoms with Crippen molar-refractivity contribution in [2.75, 3.05) is 17.2 Å². The molecule has 0 fully saturated rings. The van der Waals surface area contributed by atoms with Crippen LogP contribution in [0.5, 0.6) is 11.5 Å². The van der Waals surface area contributed by atoms with Gasteiger partial charge in [-0.2, -0.15) is 0 Å². The van der Waals surface area contributed by atoms with E-state index in [1.165, 1.54) is 12.8 Å². The first kappa shape index (κ1) is 28.9. The fourth-order valence-corrected chi connectivity index (χ4v) is 3.81. The maximum Gasteiger partial charge on any atom is 0.265 e. The van der Waals surface area contributed by atoms with Gasteiger partial charge >= 0.3 is 0 Å². The minimum Gasteiger partial charge on any atom is -0.494 e. The Balaban J connectivity index is 1.43. The number of unbranched alkanes of at least 4 members (excludes halogenated alkanes) is 3. The van der Waals surface area contributed by atoms with Gasteiger partial charge in [0.2, 0.25) is 0 Å². The maximum absolute atomic E-state index is 12.5. The lowest BCUT2D eigenvalue weighted by atomic mass is 10.2. The molecule has 0 aromatic heterocycles. The number of ether oxygens (including phenoxy) is 2. The first-order chi connectivity index (χ1) is 18.4. The molecule has 3 aromatic rings. The summed E-state index contributed by atoms with van der Waals surface area (Å²) < 4.78 is 11.4. The smallest absolute Gasteiger partial charge is 0.265 e. The normalized spacial score (nSPS) is 11.2. The van der Waals surface area contributed by atoms with E-state index in [0.29, 0.717) is 34.3 Å². The highest BCUT2D eigenvalue weighted by molar-refractivity contribution is 7.80. The third-order valence-electron chi connectivity index (χ3n) is 5.53. The van der Waals surface area contributed by atoms with Crippen molar-refractivity contribution < 1.29 is 19.1 Å². The summed E-state index contributed by atoms with van der Waals surface area (Å²) in [5.41, 5.74) is 1.71. The van der Waals surface area contributed by atoms with Crippen LogP contribution in [-0.4, -0.2) is 29.6 Å². The Morgan fingerprint density at radius 1 is 0.895 bits per heavy atom. The molecule has 0 spiro atoms. The Morgan fingerprint density at radius 3 is 2.21 bits per heavy atom. The highest BCUT2D eigenvalue weighted by atomic mass is 35.5. The highest BCUT2D eigenvalue weighted by Gasteiger charge is 2.16. The summed E-state index contributed by atoms with van der Waals surface area (Å²) in [7, 11) is 0. The molecule has 1 atom stereocenters. The van der Waals surface area contributed by atoms with E-state index >= 15 is 0 Å². The number of anilines is 2. The lowest BCUT2D eigenvalue weighted by Gasteiger charge is -2.16. The number of carbonyl (C=O) groups is 2. The van der Waals surface area contributed by atoms with Gasteiger partial charge in [-0.3, -0.25) is 14.9 Å². The average molecular weight is 554 g/mol. The van der Waals surface area contributed by atoms with Crippen LogP contribution in [0.15, 0.2) is 72.8 Å². The van der Waals surface area contributed by atoms with Gasteiger partial charge in [0.25, 0.3) is 11.8 Å². The topological polar surface area (TPSA) is 88.7 Å². The second-order valence-corrected chi connectivity index (χ2v) is 9.41. The van der Waals surface area contributed by atoms with Crippen molar-refractivity contribution in [2.24, 2.45) is 0 Å². The molecule has 3 N–H and O–H groups in total. The van der Waals surface area contributed by atoms with Crippen LogP contribution in [0.3, 0.4) is 0 Å². The lowest BCUT2D eigenvalue weighted by Crippen LogP contribution is -2.34. The number of benzene rings is 3. The second-order valence-electron chi connectivity index (χ2n) is 8.60. The molecular formula is C29H32ClN3O4S. The summed E-state index contributed by atoms with van der Waals surface area (Å²) in [4.78, 5) is 25.0. The number of carbonyl (C=O) groups excluding carboxylic acids is 2. The number of thiocarbonyl (C=S) groups is 1. The zero-order valence-electron chi connectivity index (χ0n) is 21.5. The summed E-state index contributed by atoms with van der Waals surface area (Å²) in [5, 5.41) is 9.01. The van der Waals surface area contributed by atoms with Crippen LogP contribution in [0, 0.1) is 0 Å². The highest BCUT2D eigenvalue weighted by Crippen LogP contribution is 2.24. The van der Waals surface area contributed by atoms with Crippen LogP contribution < -0.4 is 25.4 Å². The van der Waals surface area contributed by atoms with Crippen LogP contribution in [0.2, 0.25) is 5.02 Å². The van der Waals surface area contributed by atoms with E-state index < -0.39 is 6.10 Å². The summed E-state index contributed by atoms with van der Waals surface area (Å²) >= 11 is 11.4. The van der Waals surface area contributed by atoms with Gasteiger partial charge in [0.1, 0.15) is 11.5 Å². The van der Waals surface area contributed by atoms with Crippen LogP contribution >= 0.6 is 23.8 Å². The molecule has 3 rings (SSSR count). The second kappa shape index (κ2) is 15.0. The molecule has 0 aliphatic heterocycles. The van der Waals surface area contributed by atoms with Crippen LogP contribution in [-0.2, 0) is 4.79 Å². The van der Waals surface area contributed by atoms with E-state index in [2.05, 4.69) is 22.9 Å². The van der Waals surface area contributed by atoms with Gasteiger partial charge in [-0.1, -0.05) is 49.9 Å². The van der Waals surface area contributed by atoms with Crippen molar-refractivity contribution in [1.82, 2.24) is 5.32 Å². The molecule has 0 bridgehead atoms. The van der Waals surface area contributed by atoms with Crippen molar-refractivity contribution in [2.45, 2.75) is 45.6 Å². The van der Waals surface area contributed by atoms with Crippen molar-refractivity contribution >= 4 is 52.1 Å². The largest absolute Gasteiger partial charge is 0.494 e. The average Bonchev–Trinajstić information content (AvgIpc) is 2.91. The fourth-order valence-electron chi connectivity index (χ4n) is 3.42. The summed E-state index contributed by atoms with van der Waals surface area (Å²) in [6.07, 6.45) is 3.81. The lowest BCUT2D eigenvalue weighted by molar-refractivity contribution is -0.122. The van der Waals surface area contributed by atoms with Gasteiger partial charge in [-0.25, -0.2) is 0 Å². The van der Waals surface area contributed by atoms with Gasteiger partial charge in [0, 0.05) is 16.9 Å². The molecule has 0 saturated heterocycles. The van der Waals surface area contributed by atoms with Crippen molar-refractivity contribution in [1.29, 1.82) is 0 Å². The number of rotatable bonds is 12. The number of hydrogen-bond acceptors (Lipinski definition) is 5. The molecule has 9 heteroatoms. The molecule has 200 valence electrons. The Hall–Kier alpha value is -3.62. The molecule has 0 radical (unpaired) electrons. The van der Waals surface area contributed by atoms with Gasteiger partial charge in [-0.05, 0) is 86.2 Å². The molecule has 0 aliphatic carbocycles. The molecule has 0 aliphatic rings. The molecule has 1 unspecified atom stereocenters. The van der Waals surface area contributed by atoms with Gasteiger partial charge in [0.15, 0.2) is 11.2 Å². The Bertz CT molecular complexity index is 1220. The zero-order valence-corrected chi connectivity index (χ0v) is 23.0. The van der Waals surface area contributed by atoms with Crippen LogP contribution in [0.1, 0.15) is 49.9 Å². The van der Waals surface area contributed by atoms with E-state index in [1.54, 1.807) is 79.7 Å². The molecule has 0 saturated carbocycles. The predicted molar refractivity (Wildman–Crippen MR) is 156 cm³/mol. The zero-order chi connectivity index (χ0) is 27.3. The van der Waals surface area contributed by atoms with Crippen molar-refractivity contribution in [3.63, 3.8) is 0 Å². The Labute approximate surface area is 233 Å². The number of nitrogens with one attached hydrogen (secondary N) is 3. The number of hydrogen-bond donors (Lipinski definition) is 3. The van der Waals surface area contributed by atoms with E-state index in [1.807, 2.05) is 0 Å². The first-order valence-electron chi connectivity index (χ1n) is 12.5. The molecule has 0 heterocycles. The van der Waals surface area contributed by atoms with E-state index in [-0.39, 0.29) is 16.9 Å². The Kier molecular flexibility index (Phi) is 11.4. The minimum atomic E-state index is -0.748. The SMILES string of the molecule is CCCCCCOc1ccc(C(=O)NC(=S)Nc2ccc(NC(=O)C(C)Oc3ccccc3Cl)cc2)cc1. The van der Waals surface area contributed by atoms with Crippen LogP contribution in [0.4, 0.5) is 11.4 Å². The first-order valence-corrected chi connectivity index (χ1v) is 13.3. The standard InChI is InChI=1S/C29H32ClN3O4S/c1-3-4-5-8-19-36-24-17-11-21(12-18-24)28(35)33-29(38)32-23-15-13-22(14-16-23)31-27(34)20(2)37-26-10-7-6-9-25(26)30/h6-7,9-18,20H,3-5,8,19H2,1-2H3,(H,31,34)(H2,32,33,35,38). The van der Waals surface area contributed by atoms with Crippen molar-refractivity contribution in [3.8, 4) is 11.5 Å². The number of halogens is 1. The summed E-state index contributed by atoms with van der Waals surface area (Å²) in [6, 6.07) is 20.8. The molecule has 7 nitrogen and oxygen atoms in total. The monoisotopic (exact) mass is 553 g/mol. The number of para-hydroxylation sites is 1. The fraction of sp³-hybridized carbons (Fsp3) is 0.276. The third kappa shape index (κ3) is 9.36. The van der Waals surface area contributed by atoms with E-state index in [9.17, 15) is 9.59 Å². The third-order valence-corrected chi connectivity index (χ3v) is 6.05. The molecule has 3 aromatic carbocycles. The predicted octanol–water partition coefficient (Wildman–Crippen LogP) is 6.83. The number of amides is 2. The van der Waals surface area contributed by atoms with E-state index in [4.69, 9.17) is 33.3 Å². The summed E-state index contributed by atoms with van der Waals surface area (Å²) in [5.74, 6) is 0.527. The van der Waals surface area contributed by atoms with E-state index in [0.717, 1.165) is 18.6 Å². The summed E-state index contributed by atoms with van der Waals surface area (Å²) in [6.45, 7) is 4.48. The maximum atomic E-state index is 12.5. The molecular weight excluding hydrogens is 522 g/mol. The van der Waals surface area contributed by atoms with Gasteiger partial charge < -0.3 is 20.1 Å². The van der Waals surface area contributed by atoms with Gasteiger partial charge in [-0.15, -0.1) is 0 Å². The molecule has 38 heavy (non-hydrogen) atoms. The Morgan fingerprint density at radius 2 is 1.55 bits per heavy atom.